The molecule has 0 unspecified atom stereocenters. The number of halogens is 3. The summed E-state index contributed by atoms with van der Waals surface area (Å²) in [5.74, 6) is 0.234. The Bertz CT molecular complexity index is 887. The van der Waals surface area contributed by atoms with Gasteiger partial charge in [0.15, 0.2) is 0 Å². The number of benzene rings is 2. The van der Waals surface area contributed by atoms with E-state index in [1.54, 1.807) is 0 Å². The summed E-state index contributed by atoms with van der Waals surface area (Å²) in [5.41, 5.74) is 2.98. The second kappa shape index (κ2) is 8.77. The van der Waals surface area contributed by atoms with Crippen molar-refractivity contribution < 1.29 is 13.2 Å². The minimum atomic E-state index is -0.563. The molecule has 2 aromatic rings. The molecule has 3 heteroatoms. The van der Waals surface area contributed by atoms with Gasteiger partial charge in [-0.25, -0.2) is 13.2 Å². The lowest BCUT2D eigenvalue weighted by Crippen LogP contribution is -2.15. The van der Waals surface area contributed by atoms with Crippen molar-refractivity contribution in [3.63, 3.8) is 0 Å². The van der Waals surface area contributed by atoms with Crippen LogP contribution >= 0.6 is 0 Å². The van der Waals surface area contributed by atoms with E-state index in [4.69, 9.17) is 0 Å². The van der Waals surface area contributed by atoms with Gasteiger partial charge in [0.25, 0.3) is 0 Å². The van der Waals surface area contributed by atoms with Crippen LogP contribution < -0.4 is 0 Å². The molecule has 0 aromatic heterocycles. The van der Waals surface area contributed by atoms with Gasteiger partial charge in [0, 0.05) is 0 Å². The van der Waals surface area contributed by atoms with Gasteiger partial charge in [0.1, 0.15) is 17.5 Å². The highest BCUT2D eigenvalue weighted by molar-refractivity contribution is 5.67. The first-order chi connectivity index (χ1) is 14.0. The monoisotopic (exact) mass is 398 g/mol. The number of allylic oxidation sites excluding steroid dienone is 2. The molecule has 0 atom stereocenters. The summed E-state index contributed by atoms with van der Waals surface area (Å²) < 4.78 is 43.0. The van der Waals surface area contributed by atoms with Crippen molar-refractivity contribution in [1.82, 2.24) is 0 Å². The zero-order valence-corrected chi connectivity index (χ0v) is 17.1. The molecule has 0 radical (unpaired) electrons. The molecule has 0 spiro atoms. The normalized spacial score (nSPS) is 21.6. The summed E-state index contributed by atoms with van der Waals surface area (Å²) in [4.78, 5) is 0. The van der Waals surface area contributed by atoms with Gasteiger partial charge in [-0.1, -0.05) is 62.8 Å². The first kappa shape index (κ1) is 20.3. The Balaban J connectivity index is 1.45. The summed E-state index contributed by atoms with van der Waals surface area (Å²) in [6.07, 6.45) is 12.2. The average molecular weight is 399 g/mol. The Morgan fingerprint density at radius 2 is 1.62 bits per heavy atom. The fourth-order valence-electron chi connectivity index (χ4n) is 5.04. The molecule has 2 aromatic carbocycles. The molecule has 29 heavy (non-hydrogen) atoms. The number of hydrogen-bond donors (Lipinski definition) is 0. The standard InChI is InChI=1S/C26H29F3/c1-2-17-3-5-18(6-4-17)7-8-19-9-14-23-21(15-19)16-24(28)25(26(23)29)20-10-12-22(27)13-11-20/h9-13,16-18H,2-8,14-15H2,1H3. The van der Waals surface area contributed by atoms with Crippen molar-refractivity contribution in [1.29, 1.82) is 0 Å². The summed E-state index contributed by atoms with van der Waals surface area (Å²) in [6, 6.07) is 6.82. The van der Waals surface area contributed by atoms with Gasteiger partial charge < -0.3 is 0 Å². The average Bonchev–Trinajstić information content (AvgIpc) is 2.73. The summed E-state index contributed by atoms with van der Waals surface area (Å²) in [7, 11) is 0. The van der Waals surface area contributed by atoms with E-state index >= 15 is 4.39 Å². The Morgan fingerprint density at radius 3 is 2.31 bits per heavy atom. The van der Waals surface area contributed by atoms with E-state index < -0.39 is 17.5 Å². The molecule has 0 aliphatic heterocycles. The Hall–Kier alpha value is -2.03. The van der Waals surface area contributed by atoms with Crippen molar-refractivity contribution in [3.8, 4) is 11.1 Å². The van der Waals surface area contributed by atoms with Crippen LogP contribution in [0.15, 0.2) is 42.0 Å². The molecule has 1 saturated carbocycles. The van der Waals surface area contributed by atoms with E-state index in [9.17, 15) is 8.78 Å². The first-order valence-electron chi connectivity index (χ1n) is 11.0. The smallest absolute Gasteiger partial charge is 0.137 e. The van der Waals surface area contributed by atoms with E-state index in [1.165, 1.54) is 74.4 Å². The highest BCUT2D eigenvalue weighted by Gasteiger charge is 2.24. The van der Waals surface area contributed by atoms with Gasteiger partial charge in [0.05, 0.1) is 5.56 Å². The molecule has 0 nitrogen and oxygen atoms in total. The molecule has 0 bridgehead atoms. The van der Waals surface area contributed by atoms with Crippen molar-refractivity contribution >= 4 is 0 Å². The van der Waals surface area contributed by atoms with Crippen LogP contribution in [0.5, 0.6) is 0 Å². The molecule has 2 aliphatic rings. The van der Waals surface area contributed by atoms with Crippen molar-refractivity contribution in [3.05, 3.63) is 70.6 Å². The highest BCUT2D eigenvalue weighted by atomic mass is 19.1. The maximum absolute atomic E-state index is 15.1. The Morgan fingerprint density at radius 1 is 0.931 bits per heavy atom. The van der Waals surface area contributed by atoms with E-state index in [-0.39, 0.29) is 5.56 Å². The lowest BCUT2D eigenvalue weighted by molar-refractivity contribution is 0.258. The van der Waals surface area contributed by atoms with Crippen LogP contribution in [0.4, 0.5) is 13.2 Å². The first-order valence-corrected chi connectivity index (χ1v) is 11.0. The van der Waals surface area contributed by atoms with Crippen molar-refractivity contribution in [2.75, 3.05) is 0 Å². The second-order valence-electron chi connectivity index (χ2n) is 8.77. The maximum Gasteiger partial charge on any atom is 0.137 e. The van der Waals surface area contributed by atoms with E-state index in [1.807, 2.05) is 0 Å². The maximum atomic E-state index is 15.1. The van der Waals surface area contributed by atoms with Crippen molar-refractivity contribution in [2.45, 2.75) is 64.7 Å². The molecule has 1 fully saturated rings. The molecule has 0 amide bonds. The van der Waals surface area contributed by atoms with Gasteiger partial charge in [-0.15, -0.1) is 0 Å². The minimum absolute atomic E-state index is 0.0479. The molecule has 154 valence electrons. The number of hydrogen-bond acceptors (Lipinski definition) is 0. The zero-order chi connectivity index (χ0) is 20.4. The van der Waals surface area contributed by atoms with Gasteiger partial charge >= 0.3 is 0 Å². The third-order valence-electron chi connectivity index (χ3n) is 6.97. The van der Waals surface area contributed by atoms with Gasteiger partial charge in [0.2, 0.25) is 0 Å². The van der Waals surface area contributed by atoms with Gasteiger partial charge in [-0.3, -0.25) is 0 Å². The second-order valence-corrected chi connectivity index (χ2v) is 8.77. The van der Waals surface area contributed by atoms with Crippen LogP contribution in [-0.2, 0) is 12.8 Å². The van der Waals surface area contributed by atoms with E-state index in [2.05, 4.69) is 13.0 Å². The summed E-state index contributed by atoms with van der Waals surface area (Å²) in [5, 5.41) is 0. The van der Waals surface area contributed by atoms with E-state index in [0.29, 0.717) is 24.0 Å². The summed E-state index contributed by atoms with van der Waals surface area (Å²) >= 11 is 0. The van der Waals surface area contributed by atoms with Crippen LogP contribution in [0.1, 0.15) is 63.0 Å². The predicted octanol–water partition coefficient (Wildman–Crippen LogP) is 7.79. The molecule has 0 N–H and O–H groups in total. The predicted molar refractivity (Wildman–Crippen MR) is 112 cm³/mol. The fourth-order valence-corrected chi connectivity index (χ4v) is 5.04. The summed E-state index contributed by atoms with van der Waals surface area (Å²) in [6.45, 7) is 2.29. The largest absolute Gasteiger partial charge is 0.207 e. The SMILES string of the molecule is CCC1CCC(CCC2=CCc3c(cc(F)c(-c4ccc(F)cc4)c3F)C2)CC1. The zero-order valence-electron chi connectivity index (χ0n) is 17.1. The number of fused-ring (bicyclic) bond motifs is 1. The highest BCUT2D eigenvalue weighted by Crippen LogP contribution is 2.37. The lowest BCUT2D eigenvalue weighted by Gasteiger charge is -2.28. The minimum Gasteiger partial charge on any atom is -0.207 e. The molecular formula is C26H29F3. The van der Waals surface area contributed by atoms with Crippen LogP contribution in [0, 0.1) is 29.3 Å². The molecule has 4 rings (SSSR count). The van der Waals surface area contributed by atoms with Crippen LogP contribution in [0.2, 0.25) is 0 Å². The number of rotatable bonds is 5. The lowest BCUT2D eigenvalue weighted by atomic mass is 9.78. The van der Waals surface area contributed by atoms with Gasteiger partial charge in [-0.2, -0.15) is 0 Å². The third kappa shape index (κ3) is 4.44. The Kier molecular flexibility index (Phi) is 6.12. The quantitative estimate of drug-likeness (QED) is 0.451. The van der Waals surface area contributed by atoms with E-state index in [0.717, 1.165) is 23.8 Å². The topological polar surface area (TPSA) is 0 Å². The van der Waals surface area contributed by atoms with Crippen molar-refractivity contribution in [2.24, 2.45) is 11.8 Å². The Labute approximate surface area is 171 Å². The van der Waals surface area contributed by atoms with Crippen LogP contribution in [0.3, 0.4) is 0 Å². The van der Waals surface area contributed by atoms with Crippen LogP contribution in [0.25, 0.3) is 11.1 Å². The van der Waals surface area contributed by atoms with Crippen LogP contribution in [-0.4, -0.2) is 0 Å². The molecular weight excluding hydrogens is 369 g/mol. The molecule has 2 aliphatic carbocycles. The molecule has 0 heterocycles. The third-order valence-corrected chi connectivity index (χ3v) is 6.97. The van der Waals surface area contributed by atoms with Gasteiger partial charge in [-0.05, 0) is 72.4 Å². The molecule has 0 saturated heterocycles. The fraction of sp³-hybridized carbons (Fsp3) is 0.462.